The molecule has 0 aromatic carbocycles. The third-order valence-corrected chi connectivity index (χ3v) is 4.04. The highest BCUT2D eigenvalue weighted by Crippen LogP contribution is 2.27. The Hall–Kier alpha value is -1.63. The highest BCUT2D eigenvalue weighted by atomic mass is 16.6. The molecule has 2 rings (SSSR count). The first-order chi connectivity index (χ1) is 9.54. The van der Waals surface area contributed by atoms with E-state index in [2.05, 4.69) is 22.5 Å². The van der Waals surface area contributed by atoms with Gasteiger partial charge in [0.15, 0.2) is 0 Å². The van der Waals surface area contributed by atoms with Crippen molar-refractivity contribution in [2.45, 2.75) is 46.2 Å². The average molecular weight is 281 g/mol. The van der Waals surface area contributed by atoms with Gasteiger partial charge >= 0.3 is 5.82 Å². The van der Waals surface area contributed by atoms with Crippen LogP contribution in [-0.2, 0) is 6.54 Å². The summed E-state index contributed by atoms with van der Waals surface area (Å²) in [6.07, 6.45) is 2.30. The quantitative estimate of drug-likeness (QED) is 0.636. The Balaban J connectivity index is 2.20. The van der Waals surface area contributed by atoms with Crippen LogP contribution in [0.5, 0.6) is 0 Å². The van der Waals surface area contributed by atoms with Crippen LogP contribution in [0.3, 0.4) is 0 Å². The van der Waals surface area contributed by atoms with E-state index in [0.717, 1.165) is 25.9 Å². The molecule has 7 heteroatoms. The van der Waals surface area contributed by atoms with Gasteiger partial charge in [-0.3, -0.25) is 4.57 Å². The van der Waals surface area contributed by atoms with Crippen LogP contribution in [0.2, 0.25) is 0 Å². The summed E-state index contributed by atoms with van der Waals surface area (Å²) in [6, 6.07) is 0.183. The molecule has 2 N–H and O–H groups in total. The van der Waals surface area contributed by atoms with Crippen molar-refractivity contribution in [2.24, 2.45) is 5.92 Å². The molecule has 112 valence electrons. The van der Waals surface area contributed by atoms with Crippen molar-refractivity contribution < 1.29 is 4.92 Å². The monoisotopic (exact) mass is 281 g/mol. The molecule has 1 fully saturated rings. The van der Waals surface area contributed by atoms with E-state index in [0.29, 0.717) is 24.1 Å². The Bertz CT molecular complexity index is 479. The fourth-order valence-electron chi connectivity index (χ4n) is 2.84. The summed E-state index contributed by atoms with van der Waals surface area (Å²) in [7, 11) is 0. The summed E-state index contributed by atoms with van der Waals surface area (Å²) < 4.78 is 1.87. The van der Waals surface area contributed by atoms with Crippen LogP contribution >= 0.6 is 0 Å². The van der Waals surface area contributed by atoms with E-state index < -0.39 is 4.92 Å². The molecule has 0 bridgehead atoms. The Kier molecular flexibility index (Phi) is 4.59. The number of anilines is 1. The van der Waals surface area contributed by atoms with Crippen LogP contribution in [0, 0.1) is 23.0 Å². The molecule has 1 aliphatic heterocycles. The predicted molar refractivity (Wildman–Crippen MR) is 78.0 cm³/mol. The number of nitrogens with one attached hydrogen (secondary N) is 2. The molecule has 2 heterocycles. The maximum absolute atomic E-state index is 11.1. The Morgan fingerprint density at radius 2 is 2.40 bits per heavy atom. The van der Waals surface area contributed by atoms with Crippen LogP contribution in [0.25, 0.3) is 0 Å². The van der Waals surface area contributed by atoms with Gasteiger partial charge < -0.3 is 20.7 Å². The largest absolute Gasteiger partial charge is 0.406 e. The average Bonchev–Trinajstić information content (AvgIpc) is 2.76. The van der Waals surface area contributed by atoms with Crippen molar-refractivity contribution in [2.75, 3.05) is 18.4 Å². The van der Waals surface area contributed by atoms with E-state index in [1.165, 1.54) is 0 Å². The summed E-state index contributed by atoms with van der Waals surface area (Å²) in [4.78, 5) is 14.8. The molecule has 7 nitrogen and oxygen atoms in total. The molecule has 2 atom stereocenters. The number of aromatic nitrogens is 2. The van der Waals surface area contributed by atoms with E-state index in [1.54, 1.807) is 6.92 Å². The normalized spacial score (nSPS) is 20.6. The zero-order valence-electron chi connectivity index (χ0n) is 12.3. The molecule has 0 aliphatic carbocycles. The second kappa shape index (κ2) is 6.21. The second-order valence-electron chi connectivity index (χ2n) is 5.37. The first kappa shape index (κ1) is 14.8. The number of rotatable bonds is 5. The number of hydrogen-bond acceptors (Lipinski definition) is 5. The molecule has 0 amide bonds. The molecule has 0 radical (unpaired) electrons. The van der Waals surface area contributed by atoms with Crippen LogP contribution in [0.1, 0.15) is 32.5 Å². The van der Waals surface area contributed by atoms with E-state index in [9.17, 15) is 10.1 Å². The number of hydrogen-bond donors (Lipinski definition) is 2. The molecule has 1 aromatic heterocycles. The van der Waals surface area contributed by atoms with E-state index >= 15 is 0 Å². The van der Waals surface area contributed by atoms with Crippen molar-refractivity contribution >= 4 is 11.6 Å². The standard InChI is InChI=1S/C13H23N5O2/c1-4-17-10(3)16-13(18(19)20)12(17)15-9(2)11-6-5-7-14-8-11/h9,11,14-15H,4-8H2,1-3H3. The van der Waals surface area contributed by atoms with E-state index in [4.69, 9.17) is 0 Å². The van der Waals surface area contributed by atoms with Gasteiger partial charge in [-0.2, -0.15) is 0 Å². The molecule has 1 saturated heterocycles. The van der Waals surface area contributed by atoms with E-state index in [-0.39, 0.29) is 11.9 Å². The zero-order valence-corrected chi connectivity index (χ0v) is 12.3. The summed E-state index contributed by atoms with van der Waals surface area (Å²) in [6.45, 7) is 8.55. The van der Waals surface area contributed by atoms with Gasteiger partial charge in [-0.05, 0) is 55.6 Å². The van der Waals surface area contributed by atoms with Gasteiger partial charge in [0.2, 0.25) is 11.6 Å². The topological polar surface area (TPSA) is 85.0 Å². The van der Waals surface area contributed by atoms with Gasteiger partial charge in [0.1, 0.15) is 0 Å². The van der Waals surface area contributed by atoms with Gasteiger partial charge in [0.05, 0.1) is 0 Å². The predicted octanol–water partition coefficient (Wildman–Crippen LogP) is 1.92. The molecule has 1 aliphatic rings. The summed E-state index contributed by atoms with van der Waals surface area (Å²) in [5.74, 6) is 1.63. The highest BCUT2D eigenvalue weighted by Gasteiger charge is 2.28. The number of nitrogens with zero attached hydrogens (tertiary/aromatic N) is 3. The van der Waals surface area contributed by atoms with Gasteiger partial charge in [-0.1, -0.05) is 0 Å². The second-order valence-corrected chi connectivity index (χ2v) is 5.37. The maximum Gasteiger partial charge on any atom is 0.406 e. The van der Waals surface area contributed by atoms with Crippen LogP contribution < -0.4 is 10.6 Å². The first-order valence-corrected chi connectivity index (χ1v) is 7.23. The maximum atomic E-state index is 11.1. The van der Waals surface area contributed by atoms with Crippen LogP contribution in [0.15, 0.2) is 0 Å². The third-order valence-electron chi connectivity index (χ3n) is 4.04. The third kappa shape index (κ3) is 2.92. The number of imidazole rings is 1. The smallest absolute Gasteiger partial charge is 0.361 e. The lowest BCUT2D eigenvalue weighted by molar-refractivity contribution is -0.388. The molecule has 1 aromatic rings. The number of aryl methyl sites for hydroxylation is 1. The molecular weight excluding hydrogens is 258 g/mol. The number of piperidine rings is 1. The lowest BCUT2D eigenvalue weighted by Gasteiger charge is -2.29. The SMILES string of the molecule is CCn1c(C)nc([N+](=O)[O-])c1NC(C)C1CCCNC1. The first-order valence-electron chi connectivity index (χ1n) is 7.23. The van der Waals surface area contributed by atoms with Crippen molar-refractivity contribution in [1.82, 2.24) is 14.9 Å². The fraction of sp³-hybridized carbons (Fsp3) is 0.769. The van der Waals surface area contributed by atoms with E-state index in [1.807, 2.05) is 11.5 Å². The lowest BCUT2D eigenvalue weighted by atomic mass is 9.93. The summed E-state index contributed by atoms with van der Waals surface area (Å²) in [5.41, 5.74) is 0. The fourth-order valence-corrected chi connectivity index (χ4v) is 2.84. The van der Waals surface area contributed by atoms with Crippen LogP contribution in [-0.4, -0.2) is 33.6 Å². The highest BCUT2D eigenvalue weighted by molar-refractivity contribution is 5.54. The van der Waals surface area contributed by atoms with Crippen molar-refractivity contribution in [1.29, 1.82) is 0 Å². The van der Waals surface area contributed by atoms with Gasteiger partial charge in [0, 0.05) is 19.5 Å². The van der Waals surface area contributed by atoms with Crippen LogP contribution in [0.4, 0.5) is 11.6 Å². The number of nitro groups is 1. The lowest BCUT2D eigenvalue weighted by Crippen LogP contribution is -2.39. The van der Waals surface area contributed by atoms with Crippen molar-refractivity contribution in [3.05, 3.63) is 15.9 Å². The Labute approximate surface area is 118 Å². The molecule has 20 heavy (non-hydrogen) atoms. The zero-order chi connectivity index (χ0) is 14.7. The van der Waals surface area contributed by atoms with Gasteiger partial charge in [-0.25, -0.2) is 0 Å². The molecule has 0 saturated carbocycles. The summed E-state index contributed by atoms with van der Waals surface area (Å²) >= 11 is 0. The van der Waals surface area contributed by atoms with Crippen molar-refractivity contribution in [3.8, 4) is 0 Å². The minimum Gasteiger partial charge on any atom is -0.361 e. The van der Waals surface area contributed by atoms with Gasteiger partial charge in [-0.15, -0.1) is 0 Å². The van der Waals surface area contributed by atoms with Gasteiger partial charge in [0.25, 0.3) is 0 Å². The Morgan fingerprint density at radius 3 is 2.95 bits per heavy atom. The Morgan fingerprint density at radius 1 is 1.65 bits per heavy atom. The summed E-state index contributed by atoms with van der Waals surface area (Å²) in [5, 5.41) is 17.8. The minimum absolute atomic E-state index is 0.0695. The molecule has 2 unspecified atom stereocenters. The minimum atomic E-state index is -0.409. The molecular formula is C13H23N5O2. The molecule has 0 spiro atoms. The van der Waals surface area contributed by atoms with Crippen molar-refractivity contribution in [3.63, 3.8) is 0 Å².